The maximum atomic E-state index is 12.3. The summed E-state index contributed by atoms with van der Waals surface area (Å²) in [5.74, 6) is -0.204. The minimum atomic E-state index is -0.358. The Hall–Kier alpha value is -2.55. The van der Waals surface area contributed by atoms with Crippen LogP contribution in [0.15, 0.2) is 24.3 Å². The molecule has 1 fully saturated rings. The smallest absolute Gasteiger partial charge is 0.260 e. The SMILES string of the molecule is C[C@@H]1CC[C@@H](C(N)=O)CN1C(=O)COc1ccc(CC#N)cc1. The highest BCUT2D eigenvalue weighted by molar-refractivity contribution is 5.81. The number of ether oxygens (including phenoxy) is 1. The summed E-state index contributed by atoms with van der Waals surface area (Å²) in [6.45, 7) is 2.25. The molecule has 2 amide bonds. The van der Waals surface area contributed by atoms with Gasteiger partial charge in [0.25, 0.3) is 5.91 Å². The van der Waals surface area contributed by atoms with Gasteiger partial charge in [0.15, 0.2) is 6.61 Å². The lowest BCUT2D eigenvalue weighted by Gasteiger charge is -2.36. The van der Waals surface area contributed by atoms with Gasteiger partial charge in [0, 0.05) is 12.6 Å². The second kappa shape index (κ2) is 7.63. The quantitative estimate of drug-likeness (QED) is 0.884. The van der Waals surface area contributed by atoms with Crippen molar-refractivity contribution in [3.63, 3.8) is 0 Å². The molecule has 0 bridgehead atoms. The van der Waals surface area contributed by atoms with Gasteiger partial charge in [0.1, 0.15) is 5.75 Å². The number of amides is 2. The number of likely N-dealkylation sites (tertiary alicyclic amines) is 1. The highest BCUT2D eigenvalue weighted by atomic mass is 16.5. The van der Waals surface area contributed by atoms with E-state index in [9.17, 15) is 9.59 Å². The molecule has 1 aromatic carbocycles. The van der Waals surface area contributed by atoms with E-state index < -0.39 is 0 Å². The maximum absolute atomic E-state index is 12.3. The molecule has 0 aliphatic carbocycles. The summed E-state index contributed by atoms with van der Waals surface area (Å²) in [5.41, 5.74) is 6.25. The normalized spacial score (nSPS) is 20.6. The predicted molar refractivity (Wildman–Crippen MR) is 84.3 cm³/mol. The van der Waals surface area contributed by atoms with Crippen LogP contribution in [0.1, 0.15) is 25.3 Å². The van der Waals surface area contributed by atoms with Gasteiger partial charge in [-0.1, -0.05) is 12.1 Å². The van der Waals surface area contributed by atoms with Crippen LogP contribution in [0.2, 0.25) is 0 Å². The van der Waals surface area contributed by atoms with Crippen LogP contribution >= 0.6 is 0 Å². The van der Waals surface area contributed by atoms with E-state index in [4.69, 9.17) is 15.7 Å². The molecular formula is C17H21N3O3. The lowest BCUT2D eigenvalue weighted by Crippen LogP contribution is -2.50. The molecule has 6 nitrogen and oxygen atoms in total. The van der Waals surface area contributed by atoms with Gasteiger partial charge in [-0.05, 0) is 37.5 Å². The summed E-state index contributed by atoms with van der Waals surface area (Å²) in [7, 11) is 0. The molecule has 0 unspecified atom stereocenters. The van der Waals surface area contributed by atoms with Gasteiger partial charge in [0.2, 0.25) is 5.91 Å². The zero-order valence-electron chi connectivity index (χ0n) is 13.2. The number of rotatable bonds is 5. The second-order valence-corrected chi connectivity index (χ2v) is 5.84. The van der Waals surface area contributed by atoms with E-state index in [0.29, 0.717) is 18.7 Å². The molecule has 23 heavy (non-hydrogen) atoms. The van der Waals surface area contributed by atoms with Gasteiger partial charge < -0.3 is 15.4 Å². The third-order valence-electron chi connectivity index (χ3n) is 4.17. The van der Waals surface area contributed by atoms with Crippen molar-refractivity contribution in [1.29, 1.82) is 5.26 Å². The molecule has 0 aromatic heterocycles. The number of carbonyl (C=O) groups excluding carboxylic acids is 2. The zero-order valence-corrected chi connectivity index (χ0v) is 13.2. The second-order valence-electron chi connectivity index (χ2n) is 5.84. The predicted octanol–water partition coefficient (Wildman–Crippen LogP) is 1.24. The first-order chi connectivity index (χ1) is 11.0. The van der Waals surface area contributed by atoms with E-state index in [1.165, 1.54) is 0 Å². The highest BCUT2D eigenvalue weighted by Gasteiger charge is 2.31. The summed E-state index contributed by atoms with van der Waals surface area (Å²) in [5, 5.41) is 8.63. The fourth-order valence-corrected chi connectivity index (χ4v) is 2.71. The Morgan fingerprint density at radius 3 is 2.65 bits per heavy atom. The van der Waals surface area contributed by atoms with Crippen molar-refractivity contribution in [2.75, 3.05) is 13.2 Å². The molecule has 1 heterocycles. The van der Waals surface area contributed by atoms with Crippen molar-refractivity contribution in [3.05, 3.63) is 29.8 Å². The van der Waals surface area contributed by atoms with Crippen LogP contribution in [-0.4, -0.2) is 35.9 Å². The van der Waals surface area contributed by atoms with Crippen molar-refractivity contribution >= 4 is 11.8 Å². The van der Waals surface area contributed by atoms with E-state index in [1.807, 2.05) is 6.92 Å². The number of benzene rings is 1. The van der Waals surface area contributed by atoms with Crippen molar-refractivity contribution < 1.29 is 14.3 Å². The number of nitrogens with zero attached hydrogens (tertiary/aromatic N) is 2. The van der Waals surface area contributed by atoms with Gasteiger partial charge in [-0.25, -0.2) is 0 Å². The topological polar surface area (TPSA) is 96.4 Å². The van der Waals surface area contributed by atoms with Crippen LogP contribution in [0.25, 0.3) is 0 Å². The molecule has 0 saturated carbocycles. The third-order valence-corrected chi connectivity index (χ3v) is 4.17. The Balaban J connectivity index is 1.90. The molecular weight excluding hydrogens is 294 g/mol. The molecule has 0 radical (unpaired) electrons. The average Bonchev–Trinajstić information content (AvgIpc) is 2.54. The molecule has 2 N–H and O–H groups in total. The minimum Gasteiger partial charge on any atom is -0.484 e. The van der Waals surface area contributed by atoms with Crippen LogP contribution in [0.5, 0.6) is 5.75 Å². The van der Waals surface area contributed by atoms with Crippen molar-refractivity contribution in [2.24, 2.45) is 11.7 Å². The number of hydrogen-bond acceptors (Lipinski definition) is 4. The molecule has 1 aliphatic rings. The first-order valence-corrected chi connectivity index (χ1v) is 7.68. The summed E-state index contributed by atoms with van der Waals surface area (Å²) in [6, 6.07) is 9.24. The van der Waals surface area contributed by atoms with Crippen LogP contribution in [-0.2, 0) is 16.0 Å². The third kappa shape index (κ3) is 4.46. The van der Waals surface area contributed by atoms with Gasteiger partial charge >= 0.3 is 0 Å². The average molecular weight is 315 g/mol. The summed E-state index contributed by atoms with van der Waals surface area (Å²) in [4.78, 5) is 25.3. The molecule has 6 heteroatoms. The Bertz CT molecular complexity index is 607. The molecule has 2 atom stereocenters. The van der Waals surface area contributed by atoms with Crippen LogP contribution < -0.4 is 10.5 Å². The van der Waals surface area contributed by atoms with Gasteiger partial charge in [0.05, 0.1) is 18.4 Å². The van der Waals surface area contributed by atoms with Crippen molar-refractivity contribution in [2.45, 2.75) is 32.2 Å². The lowest BCUT2D eigenvalue weighted by atomic mass is 9.93. The highest BCUT2D eigenvalue weighted by Crippen LogP contribution is 2.22. The monoisotopic (exact) mass is 315 g/mol. The lowest BCUT2D eigenvalue weighted by molar-refractivity contribution is -0.139. The molecule has 1 aromatic rings. The van der Waals surface area contributed by atoms with E-state index in [-0.39, 0.29) is 30.4 Å². The Morgan fingerprint density at radius 1 is 1.35 bits per heavy atom. The molecule has 0 spiro atoms. The minimum absolute atomic E-state index is 0.0760. The number of nitrogens with two attached hydrogens (primary N) is 1. The molecule has 1 saturated heterocycles. The van der Waals surface area contributed by atoms with Gasteiger partial charge in [-0.15, -0.1) is 0 Å². The summed E-state index contributed by atoms with van der Waals surface area (Å²) in [6.07, 6.45) is 1.84. The van der Waals surface area contributed by atoms with Crippen LogP contribution in [0.3, 0.4) is 0 Å². The van der Waals surface area contributed by atoms with Crippen LogP contribution in [0, 0.1) is 17.2 Å². The van der Waals surface area contributed by atoms with E-state index in [2.05, 4.69) is 6.07 Å². The number of piperidine rings is 1. The summed E-state index contributed by atoms with van der Waals surface area (Å²) >= 11 is 0. The Labute approximate surface area is 135 Å². The molecule has 1 aliphatic heterocycles. The Kier molecular flexibility index (Phi) is 5.58. The first-order valence-electron chi connectivity index (χ1n) is 7.68. The number of primary amides is 1. The van der Waals surface area contributed by atoms with E-state index in [1.54, 1.807) is 29.2 Å². The maximum Gasteiger partial charge on any atom is 0.260 e. The fraction of sp³-hybridized carbons (Fsp3) is 0.471. The molecule has 122 valence electrons. The number of nitriles is 1. The van der Waals surface area contributed by atoms with E-state index >= 15 is 0 Å². The van der Waals surface area contributed by atoms with E-state index in [0.717, 1.165) is 18.4 Å². The van der Waals surface area contributed by atoms with Crippen LogP contribution in [0.4, 0.5) is 0 Å². The summed E-state index contributed by atoms with van der Waals surface area (Å²) < 4.78 is 5.51. The number of hydrogen-bond donors (Lipinski definition) is 1. The zero-order chi connectivity index (χ0) is 16.8. The Morgan fingerprint density at radius 2 is 2.04 bits per heavy atom. The fourth-order valence-electron chi connectivity index (χ4n) is 2.71. The van der Waals surface area contributed by atoms with Gasteiger partial charge in [-0.3, -0.25) is 9.59 Å². The van der Waals surface area contributed by atoms with Gasteiger partial charge in [-0.2, -0.15) is 5.26 Å². The molecule has 2 rings (SSSR count). The largest absolute Gasteiger partial charge is 0.484 e. The van der Waals surface area contributed by atoms with Crippen molar-refractivity contribution in [1.82, 2.24) is 4.90 Å². The van der Waals surface area contributed by atoms with Crippen molar-refractivity contribution in [3.8, 4) is 11.8 Å². The number of carbonyl (C=O) groups is 2. The standard InChI is InChI=1S/C17H21N3O3/c1-12-2-5-14(17(19)22)10-20(12)16(21)11-23-15-6-3-13(4-7-15)8-9-18/h3-4,6-7,12,14H,2,5,8,10-11H2,1H3,(H2,19,22)/t12-,14-/m1/s1. The first kappa shape index (κ1) is 16.8.